The molecule has 0 bridgehead atoms. The zero-order valence-corrected chi connectivity index (χ0v) is 12.9. The molecule has 0 aliphatic carbocycles. The minimum absolute atomic E-state index is 0.509. The van der Waals surface area contributed by atoms with Crippen molar-refractivity contribution >= 4 is 34.9 Å². The van der Waals surface area contributed by atoms with Gasteiger partial charge in [-0.05, 0) is 36.4 Å². The van der Waals surface area contributed by atoms with E-state index < -0.39 is 0 Å². The Morgan fingerprint density at radius 1 is 1.05 bits per heavy atom. The van der Waals surface area contributed by atoms with E-state index in [2.05, 4.69) is 4.98 Å². The van der Waals surface area contributed by atoms with E-state index in [-0.39, 0.29) is 0 Å². The molecule has 3 rings (SSSR count). The van der Waals surface area contributed by atoms with Crippen LogP contribution < -0.4 is 9.47 Å². The molecule has 0 aliphatic heterocycles. The van der Waals surface area contributed by atoms with Gasteiger partial charge in [0.2, 0.25) is 5.89 Å². The predicted octanol–water partition coefficient (Wildman–Crippen LogP) is 4.67. The minimum atomic E-state index is 0.509. The van der Waals surface area contributed by atoms with Crippen molar-refractivity contribution in [2.45, 2.75) is 0 Å². The molecular weight excluding hydrogens is 302 g/mol. The normalized spacial score (nSPS) is 11.2. The van der Waals surface area contributed by atoms with Crippen molar-refractivity contribution in [3.8, 4) is 11.5 Å². The molecule has 0 unspecified atom stereocenters. The first-order chi connectivity index (χ1) is 10.7. The number of fused-ring (bicyclic) bond motifs is 1. The maximum atomic E-state index is 5.94. The van der Waals surface area contributed by atoms with Crippen molar-refractivity contribution in [2.24, 2.45) is 0 Å². The highest BCUT2D eigenvalue weighted by molar-refractivity contribution is 6.31. The van der Waals surface area contributed by atoms with Gasteiger partial charge in [-0.15, -0.1) is 0 Å². The summed E-state index contributed by atoms with van der Waals surface area (Å²) in [5, 5.41) is 0.633. The van der Waals surface area contributed by atoms with Crippen LogP contribution in [0.25, 0.3) is 23.3 Å². The smallest absolute Gasteiger partial charge is 0.220 e. The molecule has 0 atom stereocenters. The number of rotatable bonds is 4. The second-order valence-corrected chi connectivity index (χ2v) is 5.04. The van der Waals surface area contributed by atoms with Crippen LogP contribution in [0, 0.1) is 0 Å². The summed E-state index contributed by atoms with van der Waals surface area (Å²) in [7, 11) is 3.24. The first-order valence-corrected chi connectivity index (χ1v) is 7.03. The second-order valence-electron chi connectivity index (χ2n) is 4.61. The average Bonchev–Trinajstić information content (AvgIpc) is 2.94. The zero-order valence-electron chi connectivity index (χ0n) is 12.2. The number of benzene rings is 2. The third-order valence-corrected chi connectivity index (χ3v) is 3.45. The lowest BCUT2D eigenvalue weighted by molar-refractivity contribution is 0.394. The van der Waals surface area contributed by atoms with Crippen LogP contribution >= 0.6 is 11.6 Å². The number of hydrogen-bond donors (Lipinski definition) is 0. The number of aromatic nitrogens is 1. The van der Waals surface area contributed by atoms with E-state index in [9.17, 15) is 0 Å². The van der Waals surface area contributed by atoms with Crippen molar-refractivity contribution in [2.75, 3.05) is 14.2 Å². The number of oxazole rings is 1. The van der Waals surface area contributed by atoms with Gasteiger partial charge in [0.05, 0.1) is 14.2 Å². The molecule has 1 aromatic heterocycles. The van der Waals surface area contributed by atoms with Crippen molar-refractivity contribution in [3.63, 3.8) is 0 Å². The predicted molar refractivity (Wildman–Crippen MR) is 87.5 cm³/mol. The van der Waals surface area contributed by atoms with Crippen LogP contribution in [0.2, 0.25) is 5.02 Å². The summed E-state index contributed by atoms with van der Waals surface area (Å²) < 4.78 is 16.2. The molecule has 3 aromatic rings. The van der Waals surface area contributed by atoms with Gasteiger partial charge in [0.1, 0.15) is 17.0 Å². The number of ether oxygens (including phenoxy) is 2. The molecule has 112 valence electrons. The molecule has 0 saturated heterocycles. The summed E-state index contributed by atoms with van der Waals surface area (Å²) in [5.74, 6) is 1.97. The second kappa shape index (κ2) is 6.12. The molecule has 22 heavy (non-hydrogen) atoms. The largest absolute Gasteiger partial charge is 0.497 e. The molecule has 0 aliphatic rings. The van der Waals surface area contributed by atoms with E-state index in [0.717, 1.165) is 22.6 Å². The van der Waals surface area contributed by atoms with Gasteiger partial charge in [-0.2, -0.15) is 0 Å². The van der Waals surface area contributed by atoms with Crippen LogP contribution in [0.15, 0.2) is 40.8 Å². The van der Waals surface area contributed by atoms with E-state index >= 15 is 0 Å². The van der Waals surface area contributed by atoms with Gasteiger partial charge in [-0.25, -0.2) is 4.98 Å². The SMILES string of the molecule is COc1ccc(C=Cc2nc3cc(Cl)ccc3o2)c(OC)c1. The van der Waals surface area contributed by atoms with Crippen LogP contribution in [0.4, 0.5) is 0 Å². The fourth-order valence-corrected chi connectivity index (χ4v) is 2.27. The molecular formula is C17H14ClNO3. The Bertz CT molecular complexity index is 839. The van der Waals surface area contributed by atoms with Gasteiger partial charge in [0.15, 0.2) is 5.58 Å². The zero-order chi connectivity index (χ0) is 15.5. The Morgan fingerprint density at radius 3 is 2.68 bits per heavy atom. The Morgan fingerprint density at radius 2 is 1.91 bits per heavy atom. The van der Waals surface area contributed by atoms with Crippen molar-refractivity contribution in [1.29, 1.82) is 0 Å². The first-order valence-electron chi connectivity index (χ1n) is 6.66. The summed E-state index contributed by atoms with van der Waals surface area (Å²) >= 11 is 5.94. The van der Waals surface area contributed by atoms with Gasteiger partial charge in [-0.3, -0.25) is 0 Å². The fourth-order valence-electron chi connectivity index (χ4n) is 2.11. The standard InChI is InChI=1S/C17H14ClNO3/c1-20-13-6-3-11(16(10-13)21-2)4-8-17-19-14-9-12(18)5-7-15(14)22-17/h3-10H,1-2H3. The molecule has 0 radical (unpaired) electrons. The highest BCUT2D eigenvalue weighted by Crippen LogP contribution is 2.27. The molecule has 0 fully saturated rings. The lowest BCUT2D eigenvalue weighted by atomic mass is 10.1. The van der Waals surface area contributed by atoms with Gasteiger partial charge >= 0.3 is 0 Å². The summed E-state index contributed by atoms with van der Waals surface area (Å²) in [6.45, 7) is 0. The quantitative estimate of drug-likeness (QED) is 0.702. The van der Waals surface area contributed by atoms with E-state index in [4.69, 9.17) is 25.5 Å². The van der Waals surface area contributed by atoms with Crippen LogP contribution in [0.1, 0.15) is 11.5 Å². The van der Waals surface area contributed by atoms with Crippen LogP contribution in [0.5, 0.6) is 11.5 Å². The lowest BCUT2D eigenvalue weighted by Gasteiger charge is -2.06. The molecule has 5 heteroatoms. The van der Waals surface area contributed by atoms with E-state index in [1.807, 2.05) is 24.3 Å². The fraction of sp³-hybridized carbons (Fsp3) is 0.118. The molecule has 0 spiro atoms. The Hall–Kier alpha value is -2.46. The molecule has 4 nitrogen and oxygen atoms in total. The topological polar surface area (TPSA) is 44.5 Å². The highest BCUT2D eigenvalue weighted by atomic mass is 35.5. The third kappa shape index (κ3) is 2.92. The highest BCUT2D eigenvalue weighted by Gasteiger charge is 2.05. The van der Waals surface area contributed by atoms with Crippen molar-refractivity contribution < 1.29 is 13.9 Å². The van der Waals surface area contributed by atoms with Crippen LogP contribution in [0.3, 0.4) is 0 Å². The summed E-state index contributed by atoms with van der Waals surface area (Å²) in [6.07, 6.45) is 3.67. The maximum absolute atomic E-state index is 5.94. The van der Waals surface area contributed by atoms with Gasteiger partial charge in [0.25, 0.3) is 0 Å². The number of halogens is 1. The molecule has 2 aromatic carbocycles. The number of methoxy groups -OCH3 is 2. The van der Waals surface area contributed by atoms with E-state index in [1.165, 1.54) is 0 Å². The van der Waals surface area contributed by atoms with E-state index in [1.54, 1.807) is 38.5 Å². The summed E-state index contributed by atoms with van der Waals surface area (Å²) in [5.41, 5.74) is 2.34. The van der Waals surface area contributed by atoms with Crippen LogP contribution in [-0.4, -0.2) is 19.2 Å². The number of hydrogen-bond acceptors (Lipinski definition) is 4. The van der Waals surface area contributed by atoms with Crippen LogP contribution in [-0.2, 0) is 0 Å². The van der Waals surface area contributed by atoms with Crippen molar-refractivity contribution in [3.05, 3.63) is 52.9 Å². The molecule has 1 heterocycles. The number of nitrogens with zero attached hydrogens (tertiary/aromatic N) is 1. The first kappa shape index (κ1) is 14.5. The van der Waals surface area contributed by atoms with E-state index in [0.29, 0.717) is 16.5 Å². The average molecular weight is 316 g/mol. The molecule has 0 amide bonds. The Balaban J connectivity index is 1.92. The maximum Gasteiger partial charge on any atom is 0.220 e. The van der Waals surface area contributed by atoms with Gasteiger partial charge in [0, 0.05) is 22.7 Å². The van der Waals surface area contributed by atoms with Gasteiger partial charge < -0.3 is 13.9 Å². The monoisotopic (exact) mass is 315 g/mol. The Kier molecular flexibility index (Phi) is 4.02. The third-order valence-electron chi connectivity index (χ3n) is 3.21. The van der Waals surface area contributed by atoms with Crippen molar-refractivity contribution in [1.82, 2.24) is 4.98 Å². The van der Waals surface area contributed by atoms with Gasteiger partial charge in [-0.1, -0.05) is 11.6 Å². The summed E-state index contributed by atoms with van der Waals surface area (Å²) in [4.78, 5) is 4.37. The Labute approximate surface area is 132 Å². The summed E-state index contributed by atoms with van der Waals surface area (Å²) in [6, 6.07) is 10.9. The lowest BCUT2D eigenvalue weighted by Crippen LogP contribution is -1.89. The molecule has 0 N–H and O–H groups in total. The minimum Gasteiger partial charge on any atom is -0.497 e. The molecule has 0 saturated carbocycles.